The first kappa shape index (κ1) is 10.3. The molecule has 0 atom stereocenters. The highest BCUT2D eigenvalue weighted by molar-refractivity contribution is 6.21. The van der Waals surface area contributed by atoms with E-state index in [1.54, 1.807) is 0 Å². The molecule has 0 saturated carbocycles. The van der Waals surface area contributed by atoms with Crippen LogP contribution in [0, 0.1) is 17.0 Å². The maximum atomic E-state index is 11.6. The summed E-state index contributed by atoms with van der Waals surface area (Å²) in [5.41, 5.74) is 0.566. The van der Waals surface area contributed by atoms with Crippen molar-refractivity contribution in [3.63, 3.8) is 0 Å². The van der Waals surface area contributed by atoms with Crippen molar-refractivity contribution in [1.82, 2.24) is 4.90 Å². The summed E-state index contributed by atoms with van der Waals surface area (Å²) in [7, 11) is 1.35. The third-order valence-corrected chi connectivity index (χ3v) is 2.60. The zero-order chi connectivity index (χ0) is 12.0. The van der Waals surface area contributed by atoms with Crippen LogP contribution in [0.15, 0.2) is 12.1 Å². The number of benzene rings is 1. The average Bonchev–Trinajstić information content (AvgIpc) is 2.43. The first-order valence-electron chi connectivity index (χ1n) is 4.55. The van der Waals surface area contributed by atoms with Crippen LogP contribution in [-0.2, 0) is 0 Å². The Morgan fingerprint density at radius 2 is 1.69 bits per heavy atom. The number of aryl methyl sites for hydroxylation is 1. The van der Waals surface area contributed by atoms with E-state index in [9.17, 15) is 19.7 Å². The fraction of sp³-hybridized carbons (Fsp3) is 0.200. The molecule has 0 radical (unpaired) electrons. The Kier molecular flexibility index (Phi) is 2.01. The van der Waals surface area contributed by atoms with E-state index < -0.39 is 16.7 Å². The molecule has 6 nitrogen and oxygen atoms in total. The highest BCUT2D eigenvalue weighted by Crippen LogP contribution is 2.28. The molecule has 2 amide bonds. The minimum atomic E-state index is -0.564. The van der Waals surface area contributed by atoms with Crippen molar-refractivity contribution >= 4 is 17.5 Å². The van der Waals surface area contributed by atoms with E-state index in [-0.39, 0.29) is 16.8 Å². The predicted octanol–water partition coefficient (Wildman–Crippen LogP) is 1.13. The Morgan fingerprint density at radius 1 is 1.19 bits per heavy atom. The molecule has 6 heteroatoms. The molecule has 0 bridgehead atoms. The van der Waals surface area contributed by atoms with Crippen LogP contribution in [0.25, 0.3) is 0 Å². The van der Waals surface area contributed by atoms with Crippen LogP contribution in [0.3, 0.4) is 0 Å². The van der Waals surface area contributed by atoms with Gasteiger partial charge in [-0.25, -0.2) is 0 Å². The lowest BCUT2D eigenvalue weighted by Gasteiger charge is -2.02. The molecule has 1 aromatic rings. The van der Waals surface area contributed by atoms with Gasteiger partial charge in [0.2, 0.25) is 0 Å². The third kappa shape index (κ3) is 1.19. The number of rotatable bonds is 1. The topological polar surface area (TPSA) is 80.5 Å². The van der Waals surface area contributed by atoms with E-state index >= 15 is 0 Å². The minimum absolute atomic E-state index is 0.102. The Labute approximate surface area is 90.6 Å². The summed E-state index contributed by atoms with van der Waals surface area (Å²) in [6, 6.07) is 2.55. The van der Waals surface area contributed by atoms with Gasteiger partial charge in [-0.1, -0.05) is 0 Å². The van der Waals surface area contributed by atoms with Crippen molar-refractivity contribution in [1.29, 1.82) is 0 Å². The van der Waals surface area contributed by atoms with Gasteiger partial charge in [-0.05, 0) is 13.0 Å². The van der Waals surface area contributed by atoms with Crippen LogP contribution < -0.4 is 0 Å². The monoisotopic (exact) mass is 220 g/mol. The standard InChI is InChI=1S/C10H8N2O4/c1-5-3-6-7(4-8(5)12(15)16)10(14)11(2)9(6)13/h3-4H,1-2H3. The maximum absolute atomic E-state index is 11.6. The number of nitro groups is 1. The van der Waals surface area contributed by atoms with Gasteiger partial charge in [-0.15, -0.1) is 0 Å². The summed E-state index contributed by atoms with van der Waals surface area (Å²) in [5.74, 6) is -0.916. The van der Waals surface area contributed by atoms with Gasteiger partial charge in [-0.2, -0.15) is 0 Å². The van der Waals surface area contributed by atoms with Gasteiger partial charge in [0.25, 0.3) is 17.5 Å². The molecule has 0 saturated heterocycles. The maximum Gasteiger partial charge on any atom is 0.273 e. The Bertz CT molecular complexity index is 536. The molecule has 0 aromatic heterocycles. The van der Waals surface area contributed by atoms with Crippen molar-refractivity contribution < 1.29 is 14.5 Å². The lowest BCUT2D eigenvalue weighted by Crippen LogP contribution is -2.24. The van der Waals surface area contributed by atoms with E-state index in [2.05, 4.69) is 0 Å². The van der Waals surface area contributed by atoms with Gasteiger partial charge in [0.15, 0.2) is 0 Å². The number of nitro benzene ring substituents is 1. The smallest absolute Gasteiger partial charge is 0.273 e. The molecule has 16 heavy (non-hydrogen) atoms. The molecule has 0 unspecified atom stereocenters. The van der Waals surface area contributed by atoms with E-state index in [4.69, 9.17) is 0 Å². The molecule has 1 heterocycles. The fourth-order valence-corrected chi connectivity index (χ4v) is 1.70. The summed E-state index contributed by atoms with van der Waals surface area (Å²) in [5, 5.41) is 10.7. The Balaban J connectivity index is 2.70. The second kappa shape index (κ2) is 3.13. The lowest BCUT2D eigenvalue weighted by atomic mass is 10.0. The van der Waals surface area contributed by atoms with E-state index in [0.29, 0.717) is 5.56 Å². The third-order valence-electron chi connectivity index (χ3n) is 2.60. The summed E-state index contributed by atoms with van der Waals surface area (Å²) in [6.45, 7) is 1.54. The lowest BCUT2D eigenvalue weighted by molar-refractivity contribution is -0.385. The number of carbonyl (C=O) groups excluding carboxylic acids is 2. The first-order valence-corrected chi connectivity index (χ1v) is 4.55. The molecule has 0 aliphatic carbocycles. The van der Waals surface area contributed by atoms with Gasteiger partial charge >= 0.3 is 0 Å². The van der Waals surface area contributed by atoms with E-state index in [0.717, 1.165) is 11.0 Å². The molecule has 1 aliphatic rings. The molecular weight excluding hydrogens is 212 g/mol. The number of hydrogen-bond donors (Lipinski definition) is 0. The number of hydrogen-bond acceptors (Lipinski definition) is 4. The van der Waals surface area contributed by atoms with Crippen LogP contribution in [-0.4, -0.2) is 28.7 Å². The normalized spacial score (nSPS) is 14.2. The molecule has 0 spiro atoms. The van der Waals surface area contributed by atoms with Crippen molar-refractivity contribution in [2.45, 2.75) is 6.92 Å². The van der Waals surface area contributed by atoms with E-state index in [1.807, 2.05) is 0 Å². The highest BCUT2D eigenvalue weighted by Gasteiger charge is 2.35. The van der Waals surface area contributed by atoms with Gasteiger partial charge in [0.1, 0.15) is 0 Å². The SMILES string of the molecule is Cc1cc2c(cc1[N+](=O)[O-])C(=O)N(C)C2=O. The number of amides is 2. The summed E-state index contributed by atoms with van der Waals surface area (Å²) < 4.78 is 0. The number of imide groups is 1. The highest BCUT2D eigenvalue weighted by atomic mass is 16.6. The fourth-order valence-electron chi connectivity index (χ4n) is 1.70. The summed E-state index contributed by atoms with van der Waals surface area (Å²) >= 11 is 0. The predicted molar refractivity (Wildman–Crippen MR) is 54.3 cm³/mol. The van der Waals surface area contributed by atoms with Gasteiger partial charge in [-0.3, -0.25) is 24.6 Å². The minimum Gasteiger partial charge on any atom is -0.277 e. The molecule has 1 aliphatic heterocycles. The van der Waals surface area contributed by atoms with Crippen molar-refractivity contribution in [2.24, 2.45) is 0 Å². The summed E-state index contributed by atoms with van der Waals surface area (Å²) in [4.78, 5) is 34.2. The zero-order valence-corrected chi connectivity index (χ0v) is 8.68. The summed E-state index contributed by atoms with van der Waals surface area (Å²) in [6.07, 6.45) is 0. The van der Waals surface area contributed by atoms with Gasteiger partial charge < -0.3 is 0 Å². The molecule has 82 valence electrons. The Hall–Kier alpha value is -2.24. The number of carbonyl (C=O) groups is 2. The molecule has 0 fully saturated rings. The van der Waals surface area contributed by atoms with Crippen LogP contribution in [0.5, 0.6) is 0 Å². The number of fused-ring (bicyclic) bond motifs is 1. The van der Waals surface area contributed by atoms with E-state index in [1.165, 1.54) is 20.0 Å². The second-order valence-electron chi connectivity index (χ2n) is 3.61. The average molecular weight is 220 g/mol. The quantitative estimate of drug-likeness (QED) is 0.403. The zero-order valence-electron chi connectivity index (χ0n) is 8.68. The van der Waals surface area contributed by atoms with Crippen LogP contribution in [0.4, 0.5) is 5.69 Å². The molecular formula is C10H8N2O4. The van der Waals surface area contributed by atoms with Gasteiger partial charge in [0, 0.05) is 18.7 Å². The second-order valence-corrected chi connectivity index (χ2v) is 3.61. The van der Waals surface area contributed by atoms with Crippen molar-refractivity contribution in [2.75, 3.05) is 7.05 Å². The molecule has 0 N–H and O–H groups in total. The van der Waals surface area contributed by atoms with Crippen molar-refractivity contribution in [3.05, 3.63) is 38.9 Å². The van der Waals surface area contributed by atoms with Crippen LogP contribution in [0.1, 0.15) is 26.3 Å². The molecule has 2 rings (SSSR count). The number of nitrogens with zero attached hydrogens (tertiary/aromatic N) is 2. The van der Waals surface area contributed by atoms with Crippen LogP contribution in [0.2, 0.25) is 0 Å². The van der Waals surface area contributed by atoms with Gasteiger partial charge in [0.05, 0.1) is 16.1 Å². The molecule has 1 aromatic carbocycles. The Morgan fingerprint density at radius 3 is 2.19 bits per heavy atom. The largest absolute Gasteiger partial charge is 0.277 e. The van der Waals surface area contributed by atoms with Crippen LogP contribution >= 0.6 is 0 Å². The first-order chi connectivity index (χ1) is 7.43. The van der Waals surface area contributed by atoms with Crippen molar-refractivity contribution in [3.8, 4) is 0 Å².